The molecular formula is C17H20FN3O2. The maximum atomic E-state index is 13.4. The van der Waals surface area contributed by atoms with Crippen LogP contribution in [-0.2, 0) is 11.3 Å². The Kier molecular flexibility index (Phi) is 5.65. The van der Waals surface area contributed by atoms with E-state index in [9.17, 15) is 14.0 Å². The van der Waals surface area contributed by atoms with Gasteiger partial charge in [0.1, 0.15) is 12.4 Å². The molecule has 1 unspecified atom stereocenters. The van der Waals surface area contributed by atoms with Crippen LogP contribution >= 0.6 is 0 Å². The Labute approximate surface area is 134 Å². The van der Waals surface area contributed by atoms with E-state index in [1.807, 2.05) is 25.1 Å². The molecule has 1 heterocycles. The average molecular weight is 317 g/mol. The van der Waals surface area contributed by atoms with E-state index in [1.165, 1.54) is 22.8 Å². The first kappa shape index (κ1) is 16.9. The van der Waals surface area contributed by atoms with E-state index in [1.54, 1.807) is 24.4 Å². The summed E-state index contributed by atoms with van der Waals surface area (Å²) in [6, 6.07) is 10.9. The molecule has 0 saturated heterocycles. The number of nitrogens with one attached hydrogen (secondary N) is 1. The summed E-state index contributed by atoms with van der Waals surface area (Å²) in [6.07, 6.45) is 1.57. The van der Waals surface area contributed by atoms with E-state index in [2.05, 4.69) is 5.32 Å². The summed E-state index contributed by atoms with van der Waals surface area (Å²) >= 11 is 0. The molecule has 0 fully saturated rings. The Morgan fingerprint density at radius 3 is 2.70 bits per heavy atom. The fourth-order valence-corrected chi connectivity index (χ4v) is 2.32. The zero-order valence-corrected chi connectivity index (χ0v) is 13.2. The number of hydrogen-bond acceptors (Lipinski definition) is 3. The topological polar surface area (TPSA) is 54.3 Å². The molecule has 0 radical (unpaired) electrons. The molecule has 6 heteroatoms. The lowest BCUT2D eigenvalue weighted by molar-refractivity contribution is -0.121. The summed E-state index contributed by atoms with van der Waals surface area (Å²) in [4.78, 5) is 25.5. The number of hydrogen-bond donors (Lipinski definition) is 1. The average Bonchev–Trinajstić information content (AvgIpc) is 2.49. The number of rotatable bonds is 6. The van der Waals surface area contributed by atoms with Crippen molar-refractivity contribution in [2.45, 2.75) is 12.6 Å². The van der Waals surface area contributed by atoms with Crippen LogP contribution in [0.1, 0.15) is 11.6 Å². The Balaban J connectivity index is 2.00. The van der Waals surface area contributed by atoms with Crippen LogP contribution in [0, 0.1) is 5.82 Å². The molecule has 1 aromatic carbocycles. The number of benzene rings is 1. The highest BCUT2D eigenvalue weighted by atomic mass is 19.1. The molecule has 1 aromatic heterocycles. The zero-order valence-electron chi connectivity index (χ0n) is 13.2. The van der Waals surface area contributed by atoms with Gasteiger partial charge >= 0.3 is 0 Å². The monoisotopic (exact) mass is 317 g/mol. The molecule has 0 bridgehead atoms. The lowest BCUT2D eigenvalue weighted by Crippen LogP contribution is -2.37. The molecule has 122 valence electrons. The maximum Gasteiger partial charge on any atom is 0.250 e. The summed E-state index contributed by atoms with van der Waals surface area (Å²) < 4.78 is 14.7. The number of halogens is 1. The van der Waals surface area contributed by atoms with Crippen LogP contribution in [0.15, 0.2) is 53.5 Å². The quantitative estimate of drug-likeness (QED) is 0.876. The summed E-state index contributed by atoms with van der Waals surface area (Å²) in [5.74, 6) is -0.571. The predicted octanol–water partition coefficient (Wildman–Crippen LogP) is 1.41. The van der Waals surface area contributed by atoms with Crippen molar-refractivity contribution < 1.29 is 9.18 Å². The summed E-state index contributed by atoms with van der Waals surface area (Å²) in [6.45, 7) is 0.292. The van der Waals surface area contributed by atoms with Crippen molar-refractivity contribution in [3.8, 4) is 0 Å². The Hall–Kier alpha value is -2.47. The van der Waals surface area contributed by atoms with Crippen molar-refractivity contribution in [3.05, 3.63) is 70.4 Å². The number of nitrogens with zero attached hydrogens (tertiary/aromatic N) is 2. The normalized spacial score (nSPS) is 12.2. The highest BCUT2D eigenvalue weighted by Crippen LogP contribution is 2.18. The van der Waals surface area contributed by atoms with Crippen LogP contribution in [0.2, 0.25) is 0 Å². The van der Waals surface area contributed by atoms with Crippen molar-refractivity contribution in [3.63, 3.8) is 0 Å². The molecular weight excluding hydrogens is 297 g/mol. The standard InChI is InChI=1S/C17H20FN3O2/c1-20(2)15(13-6-5-7-14(18)10-13)11-19-16(22)12-21-9-4-3-8-17(21)23/h3-10,15H,11-12H2,1-2H3,(H,19,22). The van der Waals surface area contributed by atoms with Gasteiger partial charge in [-0.3, -0.25) is 9.59 Å². The molecule has 2 aromatic rings. The second kappa shape index (κ2) is 7.69. The van der Waals surface area contributed by atoms with E-state index in [0.717, 1.165) is 5.56 Å². The summed E-state index contributed by atoms with van der Waals surface area (Å²) in [5.41, 5.74) is 0.559. The number of amides is 1. The van der Waals surface area contributed by atoms with E-state index in [0.29, 0.717) is 6.54 Å². The number of likely N-dealkylation sites (N-methyl/N-ethyl adjacent to an activating group) is 1. The Bertz CT molecular complexity index is 728. The summed E-state index contributed by atoms with van der Waals surface area (Å²) in [5, 5.41) is 2.79. The van der Waals surface area contributed by atoms with E-state index >= 15 is 0 Å². The third kappa shape index (κ3) is 4.75. The van der Waals surface area contributed by atoms with E-state index < -0.39 is 0 Å². The van der Waals surface area contributed by atoms with Gasteiger partial charge in [-0.05, 0) is 37.9 Å². The van der Waals surface area contributed by atoms with Crippen molar-refractivity contribution in [1.29, 1.82) is 0 Å². The van der Waals surface area contributed by atoms with E-state index in [4.69, 9.17) is 0 Å². The first-order valence-electron chi connectivity index (χ1n) is 7.31. The molecule has 1 amide bonds. The minimum absolute atomic E-state index is 0.0387. The van der Waals surface area contributed by atoms with Crippen molar-refractivity contribution in [2.24, 2.45) is 0 Å². The SMILES string of the molecule is CN(C)C(CNC(=O)Cn1ccccc1=O)c1cccc(F)c1. The molecule has 23 heavy (non-hydrogen) atoms. The first-order chi connectivity index (χ1) is 11.0. The van der Waals surface area contributed by atoms with Crippen molar-refractivity contribution in [2.75, 3.05) is 20.6 Å². The van der Waals surface area contributed by atoms with Gasteiger partial charge in [-0.2, -0.15) is 0 Å². The summed E-state index contributed by atoms with van der Waals surface area (Å²) in [7, 11) is 3.73. The van der Waals surface area contributed by atoms with Crippen LogP contribution in [0.25, 0.3) is 0 Å². The molecule has 0 spiro atoms. The first-order valence-corrected chi connectivity index (χ1v) is 7.31. The van der Waals surface area contributed by atoms with Crippen molar-refractivity contribution >= 4 is 5.91 Å². The lowest BCUT2D eigenvalue weighted by Gasteiger charge is -2.25. The Morgan fingerprint density at radius 1 is 1.26 bits per heavy atom. The second-order valence-corrected chi connectivity index (χ2v) is 5.51. The Morgan fingerprint density at radius 2 is 2.04 bits per heavy atom. The second-order valence-electron chi connectivity index (χ2n) is 5.51. The smallest absolute Gasteiger partial charge is 0.250 e. The largest absolute Gasteiger partial charge is 0.353 e. The molecule has 2 rings (SSSR count). The van der Waals surface area contributed by atoms with Gasteiger partial charge in [-0.15, -0.1) is 0 Å². The minimum atomic E-state index is -0.309. The number of aromatic nitrogens is 1. The van der Waals surface area contributed by atoms with Crippen LogP contribution in [-0.4, -0.2) is 36.0 Å². The molecule has 1 N–H and O–H groups in total. The minimum Gasteiger partial charge on any atom is -0.353 e. The number of pyridine rings is 1. The van der Waals surface area contributed by atoms with Crippen molar-refractivity contribution in [1.82, 2.24) is 14.8 Å². The number of carbonyl (C=O) groups is 1. The maximum absolute atomic E-state index is 13.4. The van der Waals surface area contributed by atoms with Gasteiger partial charge in [0, 0.05) is 18.8 Å². The molecule has 1 atom stereocenters. The zero-order chi connectivity index (χ0) is 16.8. The van der Waals surface area contributed by atoms with E-state index in [-0.39, 0.29) is 29.9 Å². The van der Waals surface area contributed by atoms with Crippen LogP contribution < -0.4 is 10.9 Å². The van der Waals surface area contributed by atoms with Crippen LogP contribution in [0.3, 0.4) is 0 Å². The predicted molar refractivity (Wildman–Crippen MR) is 86.5 cm³/mol. The molecule has 0 aliphatic carbocycles. The molecule has 0 saturated carbocycles. The third-order valence-corrected chi connectivity index (χ3v) is 3.56. The highest BCUT2D eigenvalue weighted by molar-refractivity contribution is 5.75. The fourth-order valence-electron chi connectivity index (χ4n) is 2.32. The lowest BCUT2D eigenvalue weighted by atomic mass is 10.1. The molecule has 5 nitrogen and oxygen atoms in total. The third-order valence-electron chi connectivity index (χ3n) is 3.56. The van der Waals surface area contributed by atoms with Crippen LogP contribution in [0.4, 0.5) is 4.39 Å². The van der Waals surface area contributed by atoms with Gasteiger partial charge in [0.25, 0.3) is 5.56 Å². The van der Waals surface area contributed by atoms with Gasteiger partial charge in [0.05, 0.1) is 6.04 Å². The molecule has 0 aliphatic heterocycles. The van der Waals surface area contributed by atoms with Gasteiger partial charge in [-0.25, -0.2) is 4.39 Å². The van der Waals surface area contributed by atoms with Gasteiger partial charge in [0.2, 0.25) is 5.91 Å². The van der Waals surface area contributed by atoms with Gasteiger partial charge in [-0.1, -0.05) is 18.2 Å². The van der Waals surface area contributed by atoms with Gasteiger partial charge < -0.3 is 14.8 Å². The van der Waals surface area contributed by atoms with Gasteiger partial charge in [0.15, 0.2) is 0 Å². The number of carbonyl (C=O) groups excluding carboxylic acids is 1. The molecule has 0 aliphatic rings. The highest BCUT2D eigenvalue weighted by Gasteiger charge is 2.16. The van der Waals surface area contributed by atoms with Crippen LogP contribution in [0.5, 0.6) is 0 Å². The fraction of sp³-hybridized carbons (Fsp3) is 0.294.